The third-order valence-electron chi connectivity index (χ3n) is 2.39. The molecule has 0 atom stereocenters. The normalized spacial score (nSPS) is 11.4. The summed E-state index contributed by atoms with van der Waals surface area (Å²) >= 11 is 14.4. The number of H-pyrrole nitrogens is 1. The molecule has 1 aromatic heterocycles. The maximum absolute atomic E-state index is 13.1. The van der Waals surface area contributed by atoms with Crippen LogP contribution < -0.4 is 10.3 Å². The van der Waals surface area contributed by atoms with E-state index in [1.54, 1.807) is 0 Å². The van der Waals surface area contributed by atoms with Gasteiger partial charge in [0.05, 0.1) is 10.7 Å². The van der Waals surface area contributed by atoms with Crippen molar-refractivity contribution in [1.82, 2.24) is 4.98 Å². The molecule has 112 valence electrons. The molecule has 0 aliphatic heterocycles. The van der Waals surface area contributed by atoms with Crippen molar-refractivity contribution in [1.29, 1.82) is 0 Å². The summed E-state index contributed by atoms with van der Waals surface area (Å²) in [4.78, 5) is 13.1. The second-order valence-corrected chi connectivity index (χ2v) is 7.21. The molecule has 2 aromatic rings. The number of pyridine rings is 1. The van der Waals surface area contributed by atoms with E-state index < -0.39 is 21.4 Å². The number of hydrogen-bond donors (Lipinski definition) is 2. The van der Waals surface area contributed by atoms with Crippen LogP contribution in [0.4, 0.5) is 10.1 Å². The predicted molar refractivity (Wildman–Crippen MR) is 82.0 cm³/mol. The maximum Gasteiger partial charge on any atom is 0.266 e. The zero-order valence-electron chi connectivity index (χ0n) is 9.95. The lowest BCUT2D eigenvalue weighted by Crippen LogP contribution is -2.16. The SMILES string of the molecule is O=c1[nH]cc(S(=O)(=O)Nc2c(Cl)cc(F)cc2Br)cc1Cl. The summed E-state index contributed by atoms with van der Waals surface area (Å²) in [6.45, 7) is 0. The van der Waals surface area contributed by atoms with Gasteiger partial charge in [0.15, 0.2) is 0 Å². The molecule has 0 unspecified atom stereocenters. The molecule has 0 fully saturated rings. The molecule has 0 spiro atoms. The molecule has 0 saturated heterocycles. The highest BCUT2D eigenvalue weighted by atomic mass is 79.9. The van der Waals surface area contributed by atoms with Crippen LogP contribution in [-0.2, 0) is 10.0 Å². The van der Waals surface area contributed by atoms with Crippen molar-refractivity contribution in [2.24, 2.45) is 0 Å². The smallest absolute Gasteiger partial charge is 0.266 e. The third kappa shape index (κ3) is 3.57. The van der Waals surface area contributed by atoms with Crippen LogP contribution in [0.5, 0.6) is 0 Å². The number of benzene rings is 1. The highest BCUT2D eigenvalue weighted by Crippen LogP contribution is 2.33. The van der Waals surface area contributed by atoms with Crippen LogP contribution in [0.3, 0.4) is 0 Å². The molecule has 0 bridgehead atoms. The molecule has 0 aliphatic carbocycles. The van der Waals surface area contributed by atoms with Crippen LogP contribution in [0, 0.1) is 5.82 Å². The number of aromatic amines is 1. The molecular weight excluding hydrogens is 410 g/mol. The van der Waals surface area contributed by atoms with Gasteiger partial charge in [-0.2, -0.15) is 0 Å². The summed E-state index contributed by atoms with van der Waals surface area (Å²) in [6, 6.07) is 3.02. The summed E-state index contributed by atoms with van der Waals surface area (Å²) in [5.74, 6) is -0.623. The number of rotatable bonds is 3. The molecule has 2 N–H and O–H groups in total. The van der Waals surface area contributed by atoms with Gasteiger partial charge in [-0.3, -0.25) is 9.52 Å². The number of anilines is 1. The first kappa shape index (κ1) is 16.3. The minimum atomic E-state index is -4.05. The zero-order valence-corrected chi connectivity index (χ0v) is 13.9. The van der Waals surface area contributed by atoms with Gasteiger partial charge in [0.2, 0.25) is 0 Å². The van der Waals surface area contributed by atoms with Gasteiger partial charge in [-0.05, 0) is 34.1 Å². The van der Waals surface area contributed by atoms with Gasteiger partial charge in [-0.1, -0.05) is 23.2 Å². The van der Waals surface area contributed by atoms with Crippen molar-refractivity contribution in [3.8, 4) is 0 Å². The number of hydrogen-bond acceptors (Lipinski definition) is 3. The van der Waals surface area contributed by atoms with Gasteiger partial charge in [-0.15, -0.1) is 0 Å². The molecule has 10 heteroatoms. The lowest BCUT2D eigenvalue weighted by molar-refractivity contribution is 0.600. The Hall–Kier alpha value is -1.09. The fourth-order valence-corrected chi connectivity index (χ4v) is 3.84. The topological polar surface area (TPSA) is 79.0 Å². The van der Waals surface area contributed by atoms with Crippen molar-refractivity contribution >= 4 is 54.8 Å². The number of halogens is 4. The van der Waals surface area contributed by atoms with Crippen LogP contribution in [0.2, 0.25) is 10.0 Å². The summed E-state index contributed by atoms with van der Waals surface area (Å²) in [6.07, 6.45) is 0.988. The summed E-state index contributed by atoms with van der Waals surface area (Å²) in [5.41, 5.74) is -0.642. The molecule has 0 saturated carbocycles. The molecule has 21 heavy (non-hydrogen) atoms. The fraction of sp³-hybridized carbons (Fsp3) is 0. The van der Waals surface area contributed by atoms with E-state index in [9.17, 15) is 17.6 Å². The highest BCUT2D eigenvalue weighted by Gasteiger charge is 2.19. The van der Waals surface area contributed by atoms with E-state index in [0.29, 0.717) is 0 Å². The molecular formula is C11H6BrCl2FN2O3S. The Bertz CT molecular complexity index is 847. The average molecular weight is 416 g/mol. The molecule has 0 aliphatic rings. The zero-order chi connectivity index (χ0) is 15.8. The minimum absolute atomic E-state index is 0.0274. The molecule has 0 radical (unpaired) electrons. The van der Waals surface area contributed by atoms with E-state index in [1.807, 2.05) is 0 Å². The first-order valence-electron chi connectivity index (χ1n) is 5.26. The van der Waals surface area contributed by atoms with Crippen LogP contribution >= 0.6 is 39.1 Å². The van der Waals surface area contributed by atoms with Gasteiger partial charge in [0.25, 0.3) is 15.6 Å². The van der Waals surface area contributed by atoms with Crippen molar-refractivity contribution in [3.63, 3.8) is 0 Å². The first-order valence-corrected chi connectivity index (χ1v) is 8.29. The Labute approximate surface area is 137 Å². The van der Waals surface area contributed by atoms with Crippen molar-refractivity contribution < 1.29 is 12.8 Å². The lowest BCUT2D eigenvalue weighted by atomic mass is 10.3. The van der Waals surface area contributed by atoms with Gasteiger partial charge in [0.1, 0.15) is 15.7 Å². The summed E-state index contributed by atoms with van der Waals surface area (Å²) < 4.78 is 39.8. The minimum Gasteiger partial charge on any atom is -0.326 e. The van der Waals surface area contributed by atoms with Gasteiger partial charge < -0.3 is 4.98 Å². The predicted octanol–water partition coefficient (Wildman–Crippen LogP) is 3.38. The van der Waals surface area contributed by atoms with Crippen molar-refractivity contribution in [2.45, 2.75) is 4.90 Å². The van der Waals surface area contributed by atoms with Crippen LogP contribution in [-0.4, -0.2) is 13.4 Å². The fourth-order valence-electron chi connectivity index (χ4n) is 1.43. The molecule has 1 aromatic carbocycles. The Morgan fingerprint density at radius 1 is 1.19 bits per heavy atom. The van der Waals surface area contributed by atoms with Crippen LogP contribution in [0.1, 0.15) is 0 Å². The summed E-state index contributed by atoms with van der Waals surface area (Å²) in [5, 5.41) is -0.400. The van der Waals surface area contributed by atoms with E-state index in [4.69, 9.17) is 23.2 Å². The highest BCUT2D eigenvalue weighted by molar-refractivity contribution is 9.10. The van der Waals surface area contributed by atoms with Gasteiger partial charge in [0, 0.05) is 10.7 Å². The van der Waals surface area contributed by atoms with E-state index in [-0.39, 0.29) is 25.1 Å². The molecule has 0 amide bonds. The maximum atomic E-state index is 13.1. The Morgan fingerprint density at radius 3 is 2.43 bits per heavy atom. The number of sulfonamides is 1. The van der Waals surface area contributed by atoms with Crippen LogP contribution in [0.15, 0.2) is 38.6 Å². The van der Waals surface area contributed by atoms with Crippen molar-refractivity contribution in [3.05, 3.63) is 55.1 Å². The van der Waals surface area contributed by atoms with E-state index in [0.717, 1.165) is 24.4 Å². The second kappa shape index (κ2) is 5.96. The number of aromatic nitrogens is 1. The quantitative estimate of drug-likeness (QED) is 0.806. The van der Waals surface area contributed by atoms with E-state index >= 15 is 0 Å². The largest absolute Gasteiger partial charge is 0.326 e. The van der Waals surface area contributed by atoms with Crippen LogP contribution in [0.25, 0.3) is 0 Å². The first-order chi connectivity index (χ1) is 9.70. The van der Waals surface area contributed by atoms with Gasteiger partial charge >= 0.3 is 0 Å². The molecule has 5 nitrogen and oxygen atoms in total. The monoisotopic (exact) mass is 414 g/mol. The van der Waals surface area contributed by atoms with Gasteiger partial charge in [-0.25, -0.2) is 12.8 Å². The third-order valence-corrected chi connectivity index (χ3v) is 4.92. The summed E-state index contributed by atoms with van der Waals surface area (Å²) in [7, 11) is -4.05. The molecule has 2 rings (SSSR count). The lowest BCUT2D eigenvalue weighted by Gasteiger charge is -2.11. The Balaban J connectivity index is 2.47. The van der Waals surface area contributed by atoms with E-state index in [2.05, 4.69) is 25.6 Å². The standard InChI is InChI=1S/C11H6BrCl2FN2O3S/c12-7-1-5(15)2-8(13)10(7)17-21(19,20)6-3-9(14)11(18)16-4-6/h1-4,17H,(H,16,18). The number of nitrogens with one attached hydrogen (secondary N) is 2. The van der Waals surface area contributed by atoms with E-state index in [1.165, 1.54) is 0 Å². The second-order valence-electron chi connectivity index (χ2n) is 3.86. The Morgan fingerprint density at radius 2 is 1.86 bits per heavy atom. The Kier molecular flexibility index (Phi) is 4.62. The van der Waals surface area contributed by atoms with Crippen molar-refractivity contribution in [2.75, 3.05) is 4.72 Å². The average Bonchev–Trinajstić information content (AvgIpc) is 2.37. The molecule has 1 heterocycles.